The third kappa shape index (κ3) is 5.91. The van der Waals surface area contributed by atoms with Crippen LogP contribution in [0.1, 0.15) is 38.2 Å². The SMILES string of the molecule is C[C@@H]1CCCCN1CCCNC(=O)COc1ccc(C#N)cc1. The van der Waals surface area contributed by atoms with Crippen LogP contribution in [0.25, 0.3) is 0 Å². The smallest absolute Gasteiger partial charge is 0.257 e. The first-order chi connectivity index (χ1) is 11.2. The number of likely N-dealkylation sites (tertiary alicyclic amines) is 1. The van der Waals surface area contributed by atoms with Crippen LogP contribution in [-0.2, 0) is 4.79 Å². The van der Waals surface area contributed by atoms with E-state index in [1.165, 1.54) is 25.8 Å². The minimum atomic E-state index is -0.110. The van der Waals surface area contributed by atoms with E-state index in [1.54, 1.807) is 24.3 Å². The van der Waals surface area contributed by atoms with Crippen molar-refractivity contribution in [2.24, 2.45) is 0 Å². The lowest BCUT2D eigenvalue weighted by Gasteiger charge is -2.33. The molecule has 1 aromatic carbocycles. The number of piperidine rings is 1. The summed E-state index contributed by atoms with van der Waals surface area (Å²) in [6, 6.07) is 9.45. The standard InChI is InChI=1S/C18H25N3O2/c1-15-5-2-3-11-21(15)12-4-10-20-18(22)14-23-17-8-6-16(13-19)7-9-17/h6-9,15H,2-5,10-12,14H2,1H3,(H,20,22)/t15-/m1/s1. The van der Waals surface area contributed by atoms with Crippen molar-refractivity contribution in [1.82, 2.24) is 10.2 Å². The molecule has 2 rings (SSSR count). The van der Waals surface area contributed by atoms with Gasteiger partial charge in [0.1, 0.15) is 5.75 Å². The summed E-state index contributed by atoms with van der Waals surface area (Å²) >= 11 is 0. The second-order valence-corrected chi connectivity index (χ2v) is 6.01. The van der Waals surface area contributed by atoms with E-state index in [0.717, 1.165) is 13.0 Å². The lowest BCUT2D eigenvalue weighted by Crippen LogP contribution is -2.39. The van der Waals surface area contributed by atoms with E-state index < -0.39 is 0 Å². The highest BCUT2D eigenvalue weighted by atomic mass is 16.5. The van der Waals surface area contributed by atoms with Gasteiger partial charge in [0, 0.05) is 19.1 Å². The van der Waals surface area contributed by atoms with Gasteiger partial charge < -0.3 is 15.0 Å². The Morgan fingerprint density at radius 3 is 2.87 bits per heavy atom. The predicted molar refractivity (Wildman–Crippen MR) is 89.2 cm³/mol. The van der Waals surface area contributed by atoms with Crippen molar-refractivity contribution in [3.05, 3.63) is 29.8 Å². The van der Waals surface area contributed by atoms with Gasteiger partial charge in [-0.05, 0) is 57.0 Å². The Morgan fingerprint density at radius 1 is 1.39 bits per heavy atom. The Hall–Kier alpha value is -2.06. The van der Waals surface area contributed by atoms with Crippen LogP contribution >= 0.6 is 0 Å². The molecule has 1 aliphatic rings. The van der Waals surface area contributed by atoms with E-state index in [0.29, 0.717) is 23.9 Å². The molecule has 1 saturated heterocycles. The number of amides is 1. The lowest BCUT2D eigenvalue weighted by atomic mass is 10.0. The highest BCUT2D eigenvalue weighted by Gasteiger charge is 2.17. The topological polar surface area (TPSA) is 65.4 Å². The summed E-state index contributed by atoms with van der Waals surface area (Å²) in [6.45, 7) is 5.18. The maximum atomic E-state index is 11.8. The zero-order valence-electron chi connectivity index (χ0n) is 13.8. The van der Waals surface area contributed by atoms with E-state index in [1.807, 2.05) is 6.07 Å². The van der Waals surface area contributed by atoms with Crippen LogP contribution in [0.5, 0.6) is 5.75 Å². The van der Waals surface area contributed by atoms with Gasteiger partial charge in [0.15, 0.2) is 6.61 Å². The van der Waals surface area contributed by atoms with Crippen molar-refractivity contribution in [2.45, 2.75) is 38.6 Å². The lowest BCUT2D eigenvalue weighted by molar-refractivity contribution is -0.123. The molecular formula is C18H25N3O2. The molecule has 0 aromatic heterocycles. The second-order valence-electron chi connectivity index (χ2n) is 6.01. The van der Waals surface area contributed by atoms with Gasteiger partial charge in [0.2, 0.25) is 0 Å². The number of benzene rings is 1. The van der Waals surface area contributed by atoms with Crippen LogP contribution in [0.4, 0.5) is 0 Å². The maximum Gasteiger partial charge on any atom is 0.257 e. The van der Waals surface area contributed by atoms with Gasteiger partial charge in [0.25, 0.3) is 5.91 Å². The van der Waals surface area contributed by atoms with Crippen LogP contribution in [0.2, 0.25) is 0 Å². The molecule has 1 atom stereocenters. The Labute approximate surface area is 138 Å². The van der Waals surface area contributed by atoms with Gasteiger partial charge in [-0.1, -0.05) is 6.42 Å². The Kier molecular flexibility index (Phi) is 6.89. The van der Waals surface area contributed by atoms with Gasteiger partial charge in [-0.2, -0.15) is 5.26 Å². The van der Waals surface area contributed by atoms with Crippen LogP contribution in [0, 0.1) is 11.3 Å². The van der Waals surface area contributed by atoms with Crippen LogP contribution in [0.15, 0.2) is 24.3 Å². The van der Waals surface area contributed by atoms with Crippen molar-refractivity contribution in [2.75, 3.05) is 26.2 Å². The zero-order valence-corrected chi connectivity index (χ0v) is 13.8. The molecule has 5 heteroatoms. The predicted octanol–water partition coefficient (Wildman–Crippen LogP) is 2.32. The van der Waals surface area contributed by atoms with Crippen molar-refractivity contribution in [3.8, 4) is 11.8 Å². The third-order valence-electron chi connectivity index (χ3n) is 4.24. The minimum absolute atomic E-state index is 0.00597. The summed E-state index contributed by atoms with van der Waals surface area (Å²) in [5, 5.41) is 11.6. The first kappa shape index (κ1) is 17.3. The average molecular weight is 315 g/mol. The molecule has 0 saturated carbocycles. The largest absolute Gasteiger partial charge is 0.484 e. The molecule has 0 spiro atoms. The molecule has 1 heterocycles. The summed E-state index contributed by atoms with van der Waals surface area (Å²) in [5.41, 5.74) is 0.578. The Balaban J connectivity index is 1.58. The van der Waals surface area contributed by atoms with Gasteiger partial charge in [0.05, 0.1) is 11.6 Å². The molecule has 0 bridgehead atoms. The number of carbonyl (C=O) groups is 1. The fraction of sp³-hybridized carbons (Fsp3) is 0.556. The fourth-order valence-corrected chi connectivity index (χ4v) is 2.83. The molecular weight excluding hydrogens is 290 g/mol. The minimum Gasteiger partial charge on any atom is -0.484 e. The van der Waals surface area contributed by atoms with Crippen molar-refractivity contribution < 1.29 is 9.53 Å². The van der Waals surface area contributed by atoms with E-state index in [4.69, 9.17) is 10.00 Å². The Morgan fingerprint density at radius 2 is 2.17 bits per heavy atom. The second kappa shape index (κ2) is 9.16. The van der Waals surface area contributed by atoms with Crippen molar-refractivity contribution >= 4 is 5.91 Å². The highest BCUT2D eigenvalue weighted by molar-refractivity contribution is 5.77. The molecule has 0 unspecified atom stereocenters. The molecule has 124 valence electrons. The fourth-order valence-electron chi connectivity index (χ4n) is 2.83. The van der Waals surface area contributed by atoms with E-state index in [2.05, 4.69) is 17.1 Å². The van der Waals surface area contributed by atoms with Gasteiger partial charge in [-0.15, -0.1) is 0 Å². The molecule has 23 heavy (non-hydrogen) atoms. The summed E-state index contributed by atoms with van der Waals surface area (Å²) in [6.07, 6.45) is 4.87. The average Bonchev–Trinajstić information content (AvgIpc) is 2.59. The maximum absolute atomic E-state index is 11.8. The first-order valence-electron chi connectivity index (χ1n) is 8.33. The number of rotatable bonds is 7. The molecule has 1 aromatic rings. The van der Waals surface area contributed by atoms with Crippen molar-refractivity contribution in [1.29, 1.82) is 5.26 Å². The molecule has 1 amide bonds. The van der Waals surface area contributed by atoms with E-state index in [-0.39, 0.29) is 12.5 Å². The third-order valence-corrected chi connectivity index (χ3v) is 4.24. The number of hydrogen-bond donors (Lipinski definition) is 1. The van der Waals surface area contributed by atoms with Gasteiger partial charge in [-0.25, -0.2) is 0 Å². The highest BCUT2D eigenvalue weighted by Crippen LogP contribution is 2.16. The summed E-state index contributed by atoms with van der Waals surface area (Å²) in [4.78, 5) is 14.3. The Bertz CT molecular complexity index is 536. The van der Waals surface area contributed by atoms with E-state index in [9.17, 15) is 4.79 Å². The molecule has 5 nitrogen and oxygen atoms in total. The van der Waals surface area contributed by atoms with Crippen molar-refractivity contribution in [3.63, 3.8) is 0 Å². The molecule has 1 aliphatic heterocycles. The van der Waals surface area contributed by atoms with Crippen LogP contribution in [-0.4, -0.2) is 43.1 Å². The molecule has 1 fully saturated rings. The normalized spacial score (nSPS) is 18.2. The molecule has 1 N–H and O–H groups in total. The van der Waals surface area contributed by atoms with Gasteiger partial charge in [-0.3, -0.25) is 4.79 Å². The van der Waals surface area contributed by atoms with Crippen LogP contribution < -0.4 is 10.1 Å². The number of hydrogen-bond acceptors (Lipinski definition) is 4. The summed E-state index contributed by atoms with van der Waals surface area (Å²) in [7, 11) is 0. The zero-order chi connectivity index (χ0) is 16.5. The van der Waals surface area contributed by atoms with E-state index >= 15 is 0 Å². The number of nitriles is 1. The number of carbonyl (C=O) groups excluding carboxylic acids is 1. The number of nitrogens with one attached hydrogen (secondary N) is 1. The summed E-state index contributed by atoms with van der Waals surface area (Å²) in [5.74, 6) is 0.488. The monoisotopic (exact) mass is 315 g/mol. The number of ether oxygens (including phenoxy) is 1. The molecule has 0 radical (unpaired) electrons. The van der Waals surface area contributed by atoms with Crippen LogP contribution in [0.3, 0.4) is 0 Å². The number of nitrogens with zero attached hydrogens (tertiary/aromatic N) is 2. The van der Waals surface area contributed by atoms with Gasteiger partial charge >= 0.3 is 0 Å². The summed E-state index contributed by atoms with van der Waals surface area (Å²) < 4.78 is 5.40. The first-order valence-corrected chi connectivity index (χ1v) is 8.33. The molecule has 0 aliphatic carbocycles. The quantitative estimate of drug-likeness (QED) is 0.784.